The highest BCUT2D eigenvalue weighted by molar-refractivity contribution is 14.1. The van der Waals surface area contributed by atoms with Gasteiger partial charge in [0.2, 0.25) is 0 Å². The summed E-state index contributed by atoms with van der Waals surface area (Å²) < 4.78 is 3.13. The normalized spacial score (nSPS) is 12.8. The molecule has 3 nitrogen and oxygen atoms in total. The molecule has 0 saturated carbocycles. The second kappa shape index (κ2) is 5.54. The van der Waals surface area contributed by atoms with Crippen molar-refractivity contribution in [3.63, 3.8) is 0 Å². The minimum atomic E-state index is -0.0250. The average Bonchev–Trinajstić information content (AvgIpc) is 2.76. The van der Waals surface area contributed by atoms with Gasteiger partial charge in [0.05, 0.1) is 11.2 Å². The largest absolute Gasteiger partial charge is 0.324 e. The van der Waals surface area contributed by atoms with Crippen molar-refractivity contribution in [1.82, 2.24) is 9.78 Å². The second-order valence-electron chi connectivity index (χ2n) is 4.95. The molecule has 0 saturated heterocycles. The molecule has 2 aromatic carbocycles. The molecule has 1 atom stereocenters. The lowest BCUT2D eigenvalue weighted by Crippen LogP contribution is -2.14. The van der Waals surface area contributed by atoms with Crippen molar-refractivity contribution in [3.8, 4) is 0 Å². The zero-order chi connectivity index (χ0) is 14.1. The molecule has 1 heterocycles. The van der Waals surface area contributed by atoms with Crippen molar-refractivity contribution in [1.29, 1.82) is 0 Å². The molecular weight excluding hydrogens is 361 g/mol. The Morgan fingerprint density at radius 3 is 2.80 bits per heavy atom. The third kappa shape index (κ3) is 2.58. The lowest BCUT2D eigenvalue weighted by atomic mass is 10.0. The molecule has 4 heteroatoms. The van der Waals surface area contributed by atoms with Gasteiger partial charge in [0, 0.05) is 28.5 Å². The molecule has 0 aliphatic rings. The van der Waals surface area contributed by atoms with Gasteiger partial charge >= 0.3 is 0 Å². The van der Waals surface area contributed by atoms with Crippen molar-refractivity contribution in [2.24, 2.45) is 12.8 Å². The van der Waals surface area contributed by atoms with Crippen LogP contribution in [-0.4, -0.2) is 9.78 Å². The molecule has 102 valence electrons. The first-order chi connectivity index (χ1) is 9.65. The number of benzene rings is 2. The fraction of sp³-hybridized carbons (Fsp3) is 0.188. The van der Waals surface area contributed by atoms with E-state index in [0.717, 1.165) is 23.2 Å². The minimum Gasteiger partial charge on any atom is -0.324 e. The van der Waals surface area contributed by atoms with Gasteiger partial charge in [-0.15, -0.1) is 0 Å². The van der Waals surface area contributed by atoms with Crippen molar-refractivity contribution < 1.29 is 0 Å². The number of nitrogens with zero attached hydrogens (tertiary/aromatic N) is 2. The molecule has 3 rings (SSSR count). The summed E-state index contributed by atoms with van der Waals surface area (Å²) in [6, 6.07) is 16.6. The summed E-state index contributed by atoms with van der Waals surface area (Å²) in [5.74, 6) is 0. The topological polar surface area (TPSA) is 43.8 Å². The van der Waals surface area contributed by atoms with Crippen LogP contribution in [-0.2, 0) is 13.5 Å². The van der Waals surface area contributed by atoms with Crippen LogP contribution in [0.1, 0.15) is 17.3 Å². The number of para-hydroxylation sites is 1. The van der Waals surface area contributed by atoms with E-state index < -0.39 is 0 Å². The van der Waals surface area contributed by atoms with Crippen molar-refractivity contribution >= 4 is 33.5 Å². The lowest BCUT2D eigenvalue weighted by Gasteiger charge is -2.11. The summed E-state index contributed by atoms with van der Waals surface area (Å²) in [6.45, 7) is 0. The first kappa shape index (κ1) is 13.6. The maximum absolute atomic E-state index is 6.34. The Hall–Kier alpha value is -1.40. The van der Waals surface area contributed by atoms with E-state index in [1.165, 1.54) is 8.96 Å². The summed E-state index contributed by atoms with van der Waals surface area (Å²) in [4.78, 5) is 0. The highest BCUT2D eigenvalue weighted by Gasteiger charge is 2.13. The molecule has 0 spiro atoms. The van der Waals surface area contributed by atoms with Gasteiger partial charge in [-0.3, -0.25) is 4.68 Å². The van der Waals surface area contributed by atoms with Crippen LogP contribution < -0.4 is 5.73 Å². The van der Waals surface area contributed by atoms with Crippen LogP contribution >= 0.6 is 22.6 Å². The summed E-state index contributed by atoms with van der Waals surface area (Å²) >= 11 is 2.31. The molecular formula is C16H16IN3. The molecule has 0 bridgehead atoms. The first-order valence-corrected chi connectivity index (χ1v) is 7.64. The molecule has 0 radical (unpaired) electrons. The number of hydrogen-bond acceptors (Lipinski definition) is 2. The minimum absolute atomic E-state index is 0.0250. The SMILES string of the molecule is Cn1nc(CC(N)c2cccc(I)c2)c2ccccc21. The van der Waals surface area contributed by atoms with E-state index in [0.29, 0.717) is 0 Å². The van der Waals surface area contributed by atoms with Crippen molar-refractivity contribution in [2.45, 2.75) is 12.5 Å². The summed E-state index contributed by atoms with van der Waals surface area (Å²) in [5.41, 5.74) is 9.72. The summed E-state index contributed by atoms with van der Waals surface area (Å²) in [7, 11) is 1.98. The fourth-order valence-electron chi connectivity index (χ4n) is 2.50. The number of hydrogen-bond donors (Lipinski definition) is 1. The van der Waals surface area contributed by atoms with Crippen LogP contribution in [0.4, 0.5) is 0 Å². The van der Waals surface area contributed by atoms with E-state index >= 15 is 0 Å². The van der Waals surface area contributed by atoms with Crippen LogP contribution in [0.25, 0.3) is 10.9 Å². The maximum Gasteiger partial charge on any atom is 0.0722 e. The maximum atomic E-state index is 6.34. The average molecular weight is 377 g/mol. The Bertz CT molecular complexity index is 748. The molecule has 0 aliphatic heterocycles. The first-order valence-electron chi connectivity index (χ1n) is 6.57. The van der Waals surface area contributed by atoms with E-state index in [2.05, 4.69) is 58.0 Å². The van der Waals surface area contributed by atoms with Crippen molar-refractivity contribution in [3.05, 3.63) is 63.4 Å². The molecule has 20 heavy (non-hydrogen) atoms. The third-order valence-corrected chi connectivity index (χ3v) is 4.20. The Kier molecular flexibility index (Phi) is 3.76. The molecule has 1 unspecified atom stereocenters. The molecule has 3 aromatic rings. The quantitative estimate of drug-likeness (QED) is 0.711. The molecule has 0 fully saturated rings. The Labute approximate surface area is 131 Å². The molecule has 1 aromatic heterocycles. The predicted molar refractivity (Wildman–Crippen MR) is 90.5 cm³/mol. The van der Waals surface area contributed by atoms with Gasteiger partial charge in [-0.1, -0.05) is 30.3 Å². The lowest BCUT2D eigenvalue weighted by molar-refractivity contribution is 0.682. The van der Waals surface area contributed by atoms with Crippen LogP contribution in [0, 0.1) is 3.57 Å². The number of aryl methyl sites for hydroxylation is 1. The van der Waals surface area contributed by atoms with Gasteiger partial charge in [0.25, 0.3) is 0 Å². The fourth-order valence-corrected chi connectivity index (χ4v) is 3.07. The standard InChI is InChI=1S/C16H16IN3/c1-20-16-8-3-2-7-13(16)15(19-20)10-14(18)11-5-4-6-12(17)9-11/h2-9,14H,10,18H2,1H3. The third-order valence-electron chi connectivity index (χ3n) is 3.52. The number of rotatable bonds is 3. The summed E-state index contributed by atoms with van der Waals surface area (Å²) in [5, 5.41) is 5.80. The van der Waals surface area contributed by atoms with Gasteiger partial charge < -0.3 is 5.73 Å². The highest BCUT2D eigenvalue weighted by Crippen LogP contribution is 2.23. The van der Waals surface area contributed by atoms with Crippen LogP contribution in [0.5, 0.6) is 0 Å². The Morgan fingerprint density at radius 2 is 2.00 bits per heavy atom. The van der Waals surface area contributed by atoms with Crippen LogP contribution in [0.3, 0.4) is 0 Å². The zero-order valence-electron chi connectivity index (χ0n) is 11.3. The van der Waals surface area contributed by atoms with E-state index in [1.54, 1.807) is 0 Å². The Morgan fingerprint density at radius 1 is 1.20 bits per heavy atom. The molecule has 0 amide bonds. The number of nitrogens with two attached hydrogens (primary N) is 1. The molecule has 2 N–H and O–H groups in total. The van der Waals surface area contributed by atoms with E-state index in [-0.39, 0.29) is 6.04 Å². The zero-order valence-corrected chi connectivity index (χ0v) is 13.4. The summed E-state index contributed by atoms with van der Waals surface area (Å²) in [6.07, 6.45) is 0.751. The number of aromatic nitrogens is 2. The predicted octanol–water partition coefficient (Wildman–Crippen LogP) is 3.42. The van der Waals surface area contributed by atoms with Gasteiger partial charge in [-0.2, -0.15) is 5.10 Å². The van der Waals surface area contributed by atoms with E-state index in [1.807, 2.05) is 29.9 Å². The van der Waals surface area contributed by atoms with Gasteiger partial charge in [-0.05, 0) is 46.4 Å². The monoisotopic (exact) mass is 377 g/mol. The smallest absolute Gasteiger partial charge is 0.0722 e. The van der Waals surface area contributed by atoms with E-state index in [4.69, 9.17) is 5.73 Å². The van der Waals surface area contributed by atoms with Crippen LogP contribution in [0.15, 0.2) is 48.5 Å². The number of halogens is 1. The van der Waals surface area contributed by atoms with Gasteiger partial charge in [0.1, 0.15) is 0 Å². The van der Waals surface area contributed by atoms with E-state index in [9.17, 15) is 0 Å². The highest BCUT2D eigenvalue weighted by atomic mass is 127. The Balaban J connectivity index is 1.93. The van der Waals surface area contributed by atoms with Crippen molar-refractivity contribution in [2.75, 3.05) is 0 Å². The molecule has 0 aliphatic carbocycles. The van der Waals surface area contributed by atoms with Gasteiger partial charge in [0.15, 0.2) is 0 Å². The second-order valence-corrected chi connectivity index (χ2v) is 6.20. The van der Waals surface area contributed by atoms with Gasteiger partial charge in [-0.25, -0.2) is 0 Å². The number of fused-ring (bicyclic) bond motifs is 1. The van der Waals surface area contributed by atoms with Crippen LogP contribution in [0.2, 0.25) is 0 Å².